The van der Waals surface area contributed by atoms with Crippen molar-refractivity contribution >= 4 is 18.0 Å². The van der Waals surface area contributed by atoms with Crippen LogP contribution < -0.4 is 10.6 Å². The summed E-state index contributed by atoms with van der Waals surface area (Å²) in [6, 6.07) is 34.6. The Bertz CT molecular complexity index is 2160. The number of amides is 4. The maximum absolute atomic E-state index is 14.9. The number of nitrogens with one attached hydrogen (secondary N) is 2. The first-order valence-corrected chi connectivity index (χ1v) is 20.3. The molecular weight excluding hydrogens is 741 g/mol. The minimum absolute atomic E-state index is 0.0322. The van der Waals surface area contributed by atoms with Crippen molar-refractivity contribution < 1.29 is 24.6 Å². The van der Waals surface area contributed by atoms with E-state index in [1.807, 2.05) is 156 Å². The van der Waals surface area contributed by atoms with E-state index in [-0.39, 0.29) is 30.7 Å². The molecule has 308 valence electrons. The van der Waals surface area contributed by atoms with Crippen LogP contribution in [0.3, 0.4) is 0 Å². The Balaban J connectivity index is 1.30. The molecular formula is C48H56N6O5. The van der Waals surface area contributed by atoms with Gasteiger partial charge in [-0.1, -0.05) is 118 Å². The second kappa shape index (κ2) is 19.1. The molecule has 4 amide bonds. The average Bonchev–Trinajstić information content (AvgIpc) is 3.55. The monoisotopic (exact) mass is 796 g/mol. The molecule has 1 aliphatic rings. The van der Waals surface area contributed by atoms with Gasteiger partial charge in [-0.05, 0) is 79.0 Å². The van der Waals surface area contributed by atoms with Crippen molar-refractivity contribution in [3.05, 3.63) is 155 Å². The van der Waals surface area contributed by atoms with Crippen LogP contribution in [-0.4, -0.2) is 85.3 Å². The van der Waals surface area contributed by atoms with Gasteiger partial charge >= 0.3 is 12.1 Å². The molecule has 11 heteroatoms. The van der Waals surface area contributed by atoms with Crippen LogP contribution in [-0.2, 0) is 24.2 Å². The maximum Gasteiger partial charge on any atom is 0.404 e. The van der Waals surface area contributed by atoms with Crippen LogP contribution in [0, 0.1) is 19.3 Å². The van der Waals surface area contributed by atoms with E-state index >= 15 is 0 Å². The van der Waals surface area contributed by atoms with Gasteiger partial charge in [0.1, 0.15) is 6.04 Å². The molecule has 1 aliphatic heterocycles. The van der Waals surface area contributed by atoms with Crippen molar-refractivity contribution in [3.8, 4) is 11.3 Å². The predicted molar refractivity (Wildman–Crippen MR) is 230 cm³/mol. The average molecular weight is 797 g/mol. The Morgan fingerprint density at radius 3 is 2.08 bits per heavy atom. The van der Waals surface area contributed by atoms with Crippen molar-refractivity contribution in [2.24, 2.45) is 5.41 Å². The van der Waals surface area contributed by atoms with E-state index in [2.05, 4.69) is 20.6 Å². The summed E-state index contributed by atoms with van der Waals surface area (Å²) in [5.74, 6) is -0.654. The lowest BCUT2D eigenvalue weighted by molar-refractivity contribution is -0.129. The first kappa shape index (κ1) is 42.5. The highest BCUT2D eigenvalue weighted by atomic mass is 16.4. The highest BCUT2D eigenvalue weighted by Gasteiger charge is 2.45. The third kappa shape index (κ3) is 11.3. The Morgan fingerprint density at radius 2 is 1.46 bits per heavy atom. The lowest BCUT2D eigenvalue weighted by Gasteiger charge is -2.39. The number of carbonyl (C=O) groups is 3. The number of aryl methyl sites for hydroxylation is 2. The quantitative estimate of drug-likeness (QED) is 0.0806. The Labute approximate surface area is 347 Å². The molecule has 0 bridgehead atoms. The molecule has 0 aliphatic carbocycles. The van der Waals surface area contributed by atoms with Crippen LogP contribution in [0.2, 0.25) is 0 Å². The number of pyridine rings is 2. The molecule has 5 aromatic rings. The molecule has 4 N–H and O–H groups in total. The number of carbonyl (C=O) groups excluding carboxylic acids is 2. The molecule has 1 unspecified atom stereocenters. The van der Waals surface area contributed by atoms with Crippen molar-refractivity contribution in [1.82, 2.24) is 30.4 Å². The number of nitrogens with zero attached hydrogens (tertiary/aromatic N) is 4. The van der Waals surface area contributed by atoms with Gasteiger partial charge in [0.15, 0.2) is 0 Å². The van der Waals surface area contributed by atoms with Crippen LogP contribution in [0.25, 0.3) is 11.3 Å². The fourth-order valence-electron chi connectivity index (χ4n) is 8.09. The number of carboxylic acid groups (broad SMARTS) is 1. The van der Waals surface area contributed by atoms with E-state index in [0.29, 0.717) is 26.1 Å². The zero-order valence-electron chi connectivity index (χ0n) is 34.6. The summed E-state index contributed by atoms with van der Waals surface area (Å²) in [5.41, 5.74) is 6.62. The summed E-state index contributed by atoms with van der Waals surface area (Å²) in [6.07, 6.45) is 0.135. The number of hydrogen-bond acceptors (Lipinski definition) is 6. The number of aliphatic hydroxyl groups is 1. The maximum atomic E-state index is 14.9. The molecule has 3 heterocycles. The second-order valence-electron chi connectivity index (χ2n) is 16.7. The van der Waals surface area contributed by atoms with Gasteiger partial charge in [0.2, 0.25) is 5.91 Å². The summed E-state index contributed by atoms with van der Waals surface area (Å²) < 4.78 is 0. The standard InChI is InChI=1S/C48H56N6O5/c1-32-19-24-40(49-30-32)37-22-20-35(21-23-37)28-42(52-46(57)58)43(55)29-41(39(36-16-10-7-11-17-36)27-34-14-8-6-9-15-34)51-45(56)44(48(3,4)5)54-26-25-53(47(54)59)31-38-18-12-13-33(2)50-38/h6-24,30,39,41-44,52,55H,25-29,31H2,1-5H3,(H,51,56)(H,57,58)/t39?,41-,42-,43+,44+/m0/s1. The van der Waals surface area contributed by atoms with Gasteiger partial charge in [-0.3, -0.25) is 14.8 Å². The van der Waals surface area contributed by atoms with Crippen LogP contribution in [0.1, 0.15) is 66.8 Å². The van der Waals surface area contributed by atoms with E-state index in [1.54, 1.807) is 9.80 Å². The first-order chi connectivity index (χ1) is 28.2. The topological polar surface area (TPSA) is 148 Å². The Kier molecular flexibility index (Phi) is 13.8. The van der Waals surface area contributed by atoms with Gasteiger partial charge in [-0.2, -0.15) is 0 Å². The molecule has 0 radical (unpaired) electrons. The van der Waals surface area contributed by atoms with Gasteiger partial charge in [0, 0.05) is 42.5 Å². The lowest BCUT2D eigenvalue weighted by atomic mass is 9.80. The lowest BCUT2D eigenvalue weighted by Crippen LogP contribution is -2.58. The highest BCUT2D eigenvalue weighted by molar-refractivity contribution is 5.89. The number of urea groups is 1. The Hall–Kier alpha value is -6.07. The molecule has 0 spiro atoms. The molecule has 1 saturated heterocycles. The second-order valence-corrected chi connectivity index (χ2v) is 16.7. The zero-order chi connectivity index (χ0) is 42.1. The fourth-order valence-corrected chi connectivity index (χ4v) is 8.09. The van der Waals surface area contributed by atoms with E-state index < -0.39 is 35.7 Å². The van der Waals surface area contributed by atoms with Crippen LogP contribution in [0.5, 0.6) is 0 Å². The summed E-state index contributed by atoms with van der Waals surface area (Å²) in [5, 5.41) is 28.0. The van der Waals surface area contributed by atoms with E-state index in [9.17, 15) is 24.6 Å². The molecule has 3 aromatic carbocycles. The van der Waals surface area contributed by atoms with E-state index in [0.717, 1.165) is 44.9 Å². The molecule has 0 saturated carbocycles. The van der Waals surface area contributed by atoms with E-state index in [4.69, 9.17) is 0 Å². The minimum atomic E-state index is -1.26. The zero-order valence-corrected chi connectivity index (χ0v) is 34.6. The number of benzene rings is 3. The van der Waals surface area contributed by atoms with Gasteiger partial charge < -0.3 is 30.6 Å². The highest BCUT2D eigenvalue weighted by Crippen LogP contribution is 2.32. The summed E-state index contributed by atoms with van der Waals surface area (Å²) >= 11 is 0. The molecule has 6 rings (SSSR count). The first-order valence-electron chi connectivity index (χ1n) is 20.3. The summed E-state index contributed by atoms with van der Waals surface area (Å²) in [7, 11) is 0. The minimum Gasteiger partial charge on any atom is -0.465 e. The third-order valence-electron chi connectivity index (χ3n) is 11.0. The SMILES string of the molecule is Cc1ccc(-c2ccc(C[C@H](NC(=O)O)[C@H](O)C[C@H](NC(=O)[C@@H](N3CCN(Cc4cccc(C)n4)C3=O)C(C)(C)C)C(Cc3ccccc3)c3ccccc3)cc2)nc1. The van der Waals surface area contributed by atoms with Gasteiger partial charge in [-0.25, -0.2) is 9.59 Å². The predicted octanol–water partition coefficient (Wildman–Crippen LogP) is 7.55. The van der Waals surface area contributed by atoms with Crippen LogP contribution in [0.15, 0.2) is 121 Å². The van der Waals surface area contributed by atoms with Gasteiger partial charge in [0.05, 0.1) is 30.1 Å². The Morgan fingerprint density at radius 1 is 0.780 bits per heavy atom. The van der Waals surface area contributed by atoms with Crippen molar-refractivity contribution in [2.75, 3.05) is 13.1 Å². The number of aliphatic hydroxyl groups excluding tert-OH is 1. The molecule has 2 aromatic heterocycles. The smallest absolute Gasteiger partial charge is 0.404 e. The van der Waals surface area contributed by atoms with Crippen LogP contribution >= 0.6 is 0 Å². The normalized spacial score (nSPS) is 15.6. The summed E-state index contributed by atoms with van der Waals surface area (Å²) in [6.45, 7) is 10.9. The molecule has 1 fully saturated rings. The largest absolute Gasteiger partial charge is 0.465 e. The third-order valence-corrected chi connectivity index (χ3v) is 11.0. The number of hydrogen-bond donors (Lipinski definition) is 4. The molecule has 11 nitrogen and oxygen atoms in total. The van der Waals surface area contributed by atoms with Crippen LogP contribution in [0.4, 0.5) is 9.59 Å². The van der Waals surface area contributed by atoms with Crippen molar-refractivity contribution in [2.45, 2.75) is 90.6 Å². The van der Waals surface area contributed by atoms with Gasteiger partial charge in [-0.15, -0.1) is 0 Å². The van der Waals surface area contributed by atoms with Crippen molar-refractivity contribution in [3.63, 3.8) is 0 Å². The van der Waals surface area contributed by atoms with Gasteiger partial charge in [0.25, 0.3) is 0 Å². The van der Waals surface area contributed by atoms with Crippen molar-refractivity contribution in [1.29, 1.82) is 0 Å². The van der Waals surface area contributed by atoms with E-state index in [1.165, 1.54) is 0 Å². The number of rotatable bonds is 16. The molecule has 5 atom stereocenters. The fraction of sp³-hybridized carbons (Fsp3) is 0.354. The summed E-state index contributed by atoms with van der Waals surface area (Å²) in [4.78, 5) is 53.7. The number of aromatic nitrogens is 2. The molecule has 59 heavy (non-hydrogen) atoms.